The van der Waals surface area contributed by atoms with E-state index in [1.54, 1.807) is 0 Å². The molecule has 0 aliphatic carbocycles. The Morgan fingerprint density at radius 3 is 2.58 bits per heavy atom. The van der Waals surface area contributed by atoms with E-state index >= 15 is 0 Å². The lowest BCUT2D eigenvalue weighted by atomic mass is 10.3. The van der Waals surface area contributed by atoms with Crippen LogP contribution in [0.5, 0.6) is 0 Å². The SMILES string of the molecule is Nc1cc(C(F)F)c(Br)c(F)n1. The maximum Gasteiger partial charge on any atom is 0.265 e. The van der Waals surface area contributed by atoms with Gasteiger partial charge in [0.25, 0.3) is 6.43 Å². The van der Waals surface area contributed by atoms with Gasteiger partial charge in [0.15, 0.2) is 0 Å². The molecule has 0 aromatic carbocycles. The predicted molar refractivity (Wildman–Crippen MR) is 41.3 cm³/mol. The summed E-state index contributed by atoms with van der Waals surface area (Å²) in [4.78, 5) is 3.15. The molecule has 2 N–H and O–H groups in total. The first-order valence-electron chi connectivity index (χ1n) is 2.92. The quantitative estimate of drug-likeness (QED) is 0.767. The van der Waals surface area contributed by atoms with Crippen LogP contribution in [-0.4, -0.2) is 4.98 Å². The van der Waals surface area contributed by atoms with E-state index in [4.69, 9.17) is 5.73 Å². The van der Waals surface area contributed by atoms with Gasteiger partial charge in [0, 0.05) is 5.56 Å². The summed E-state index contributed by atoms with van der Waals surface area (Å²) in [5, 5.41) is 0. The lowest BCUT2D eigenvalue weighted by Crippen LogP contribution is -1.98. The minimum atomic E-state index is -2.76. The van der Waals surface area contributed by atoms with Gasteiger partial charge in [-0.05, 0) is 22.0 Å². The number of alkyl halides is 2. The van der Waals surface area contributed by atoms with Gasteiger partial charge in [-0.1, -0.05) is 0 Å². The highest BCUT2D eigenvalue weighted by molar-refractivity contribution is 9.10. The molecule has 0 spiro atoms. The molecule has 1 heterocycles. The van der Waals surface area contributed by atoms with Crippen molar-refractivity contribution in [3.63, 3.8) is 0 Å². The maximum absolute atomic E-state index is 12.6. The molecule has 0 radical (unpaired) electrons. The summed E-state index contributed by atoms with van der Waals surface area (Å²) in [7, 11) is 0. The number of nitrogens with two attached hydrogens (primary N) is 1. The Kier molecular flexibility index (Phi) is 2.56. The summed E-state index contributed by atoms with van der Waals surface area (Å²) in [6, 6.07) is 0.928. The number of halogens is 4. The van der Waals surface area contributed by atoms with Crippen molar-refractivity contribution in [3.8, 4) is 0 Å². The van der Waals surface area contributed by atoms with Crippen LogP contribution in [0.4, 0.5) is 19.0 Å². The van der Waals surface area contributed by atoms with Crippen molar-refractivity contribution in [2.45, 2.75) is 6.43 Å². The number of hydrogen-bond donors (Lipinski definition) is 1. The van der Waals surface area contributed by atoms with E-state index in [-0.39, 0.29) is 10.3 Å². The molecule has 0 aliphatic rings. The van der Waals surface area contributed by atoms with Crippen molar-refractivity contribution in [2.75, 3.05) is 5.73 Å². The Labute approximate surface area is 74.7 Å². The van der Waals surface area contributed by atoms with E-state index < -0.39 is 17.9 Å². The molecule has 0 aliphatic heterocycles. The average molecular weight is 241 g/mol. The molecule has 0 fully saturated rings. The Morgan fingerprint density at radius 2 is 2.08 bits per heavy atom. The van der Waals surface area contributed by atoms with Crippen LogP contribution in [-0.2, 0) is 0 Å². The third kappa shape index (κ3) is 1.69. The Balaban J connectivity index is 3.28. The van der Waals surface area contributed by atoms with Gasteiger partial charge in [0.1, 0.15) is 5.82 Å². The second-order valence-corrected chi connectivity index (χ2v) is 2.83. The average Bonchev–Trinajstić information content (AvgIpc) is 1.96. The Hall–Kier alpha value is -0.780. The highest BCUT2D eigenvalue weighted by Gasteiger charge is 2.16. The van der Waals surface area contributed by atoms with E-state index in [9.17, 15) is 13.2 Å². The van der Waals surface area contributed by atoms with Crippen LogP contribution in [0.25, 0.3) is 0 Å². The predicted octanol–water partition coefficient (Wildman–Crippen LogP) is 2.50. The zero-order valence-corrected chi connectivity index (χ0v) is 7.28. The van der Waals surface area contributed by atoms with Crippen LogP contribution in [0.15, 0.2) is 10.5 Å². The van der Waals surface area contributed by atoms with Gasteiger partial charge in [0.05, 0.1) is 4.47 Å². The summed E-state index contributed by atoms with van der Waals surface area (Å²) >= 11 is 2.64. The number of nitrogens with zero attached hydrogens (tertiary/aromatic N) is 1. The van der Waals surface area contributed by atoms with Crippen molar-refractivity contribution in [1.29, 1.82) is 0 Å². The van der Waals surface area contributed by atoms with Crippen LogP contribution >= 0.6 is 15.9 Å². The van der Waals surface area contributed by atoms with Crippen LogP contribution in [0.1, 0.15) is 12.0 Å². The highest BCUT2D eigenvalue weighted by Crippen LogP contribution is 2.29. The number of nitrogen functional groups attached to an aromatic ring is 1. The molecular weight excluding hydrogens is 237 g/mol. The molecule has 6 heteroatoms. The largest absolute Gasteiger partial charge is 0.384 e. The van der Waals surface area contributed by atoms with Crippen molar-refractivity contribution < 1.29 is 13.2 Å². The van der Waals surface area contributed by atoms with Gasteiger partial charge < -0.3 is 5.73 Å². The van der Waals surface area contributed by atoms with Gasteiger partial charge >= 0.3 is 0 Å². The topological polar surface area (TPSA) is 38.9 Å². The number of pyridine rings is 1. The van der Waals surface area contributed by atoms with E-state index in [1.807, 2.05) is 0 Å². The first-order chi connectivity index (χ1) is 5.52. The maximum atomic E-state index is 12.6. The van der Waals surface area contributed by atoms with Crippen LogP contribution in [0.3, 0.4) is 0 Å². The fourth-order valence-corrected chi connectivity index (χ4v) is 1.07. The minimum absolute atomic E-state index is 0.258. The van der Waals surface area contributed by atoms with E-state index in [1.165, 1.54) is 0 Å². The molecule has 1 rings (SSSR count). The fourth-order valence-electron chi connectivity index (χ4n) is 0.695. The monoisotopic (exact) mass is 240 g/mol. The molecule has 2 nitrogen and oxygen atoms in total. The van der Waals surface area contributed by atoms with Crippen molar-refractivity contribution in [3.05, 3.63) is 22.1 Å². The molecule has 1 aromatic rings. The molecule has 0 saturated heterocycles. The van der Waals surface area contributed by atoms with Gasteiger partial charge in [-0.2, -0.15) is 4.39 Å². The van der Waals surface area contributed by atoms with E-state index in [0.29, 0.717) is 0 Å². The molecular formula is C6H4BrF3N2. The molecule has 0 atom stereocenters. The highest BCUT2D eigenvalue weighted by atomic mass is 79.9. The van der Waals surface area contributed by atoms with Gasteiger partial charge in [-0.3, -0.25) is 0 Å². The third-order valence-corrected chi connectivity index (χ3v) is 1.99. The Morgan fingerprint density at radius 1 is 1.50 bits per heavy atom. The van der Waals surface area contributed by atoms with Gasteiger partial charge in [-0.25, -0.2) is 13.8 Å². The lowest BCUT2D eigenvalue weighted by molar-refractivity contribution is 0.150. The van der Waals surface area contributed by atoms with Gasteiger partial charge in [-0.15, -0.1) is 0 Å². The standard InChI is InChI=1S/C6H4BrF3N2/c7-4-2(5(8)9)1-3(11)12-6(4)10/h1,5H,(H2,11,12). The van der Waals surface area contributed by atoms with Crippen LogP contribution < -0.4 is 5.73 Å². The first kappa shape index (κ1) is 9.31. The summed E-state index contributed by atoms with van der Waals surface area (Å²) in [6.45, 7) is 0. The number of hydrogen-bond acceptors (Lipinski definition) is 2. The number of rotatable bonds is 1. The normalized spacial score (nSPS) is 10.8. The molecule has 66 valence electrons. The third-order valence-electron chi connectivity index (χ3n) is 1.20. The number of aromatic nitrogens is 1. The molecule has 0 amide bonds. The molecule has 1 aromatic heterocycles. The van der Waals surface area contributed by atoms with Crippen molar-refractivity contribution >= 4 is 21.7 Å². The summed E-state index contributed by atoms with van der Waals surface area (Å²) < 4.78 is 36.5. The van der Waals surface area contributed by atoms with Crippen molar-refractivity contribution in [2.24, 2.45) is 0 Å². The second-order valence-electron chi connectivity index (χ2n) is 2.04. The van der Waals surface area contributed by atoms with Gasteiger partial charge in [0.2, 0.25) is 5.95 Å². The molecule has 0 bridgehead atoms. The zero-order valence-electron chi connectivity index (χ0n) is 5.69. The summed E-state index contributed by atoms with van der Waals surface area (Å²) in [6.07, 6.45) is -2.76. The fraction of sp³-hybridized carbons (Fsp3) is 0.167. The lowest BCUT2D eigenvalue weighted by Gasteiger charge is -2.03. The molecule has 0 saturated carbocycles. The van der Waals surface area contributed by atoms with Crippen LogP contribution in [0.2, 0.25) is 0 Å². The zero-order chi connectivity index (χ0) is 9.30. The van der Waals surface area contributed by atoms with Crippen molar-refractivity contribution in [1.82, 2.24) is 4.98 Å². The number of anilines is 1. The molecule has 12 heavy (non-hydrogen) atoms. The summed E-state index contributed by atoms with van der Waals surface area (Å²) in [5.41, 5.74) is 4.57. The van der Waals surface area contributed by atoms with E-state index in [2.05, 4.69) is 20.9 Å². The van der Waals surface area contributed by atoms with E-state index in [0.717, 1.165) is 6.07 Å². The Bertz CT molecular complexity index is 303. The first-order valence-corrected chi connectivity index (χ1v) is 3.71. The molecule has 0 unspecified atom stereocenters. The summed E-state index contributed by atoms with van der Waals surface area (Å²) in [5.74, 6) is -1.28. The van der Waals surface area contributed by atoms with Crippen LogP contribution in [0, 0.1) is 5.95 Å². The smallest absolute Gasteiger partial charge is 0.265 e. The second kappa shape index (κ2) is 3.30. The minimum Gasteiger partial charge on any atom is -0.384 e.